The maximum absolute atomic E-state index is 11.5. The van der Waals surface area contributed by atoms with Crippen molar-refractivity contribution in [1.29, 1.82) is 0 Å². The Labute approximate surface area is 106 Å². The van der Waals surface area contributed by atoms with Crippen LogP contribution in [-0.4, -0.2) is 41.5 Å². The van der Waals surface area contributed by atoms with Crippen molar-refractivity contribution >= 4 is 17.8 Å². The summed E-state index contributed by atoms with van der Waals surface area (Å²) in [6, 6.07) is -1.66. The normalized spacial score (nSPS) is 15.3. The van der Waals surface area contributed by atoms with Crippen molar-refractivity contribution in [3.8, 4) is 0 Å². The molecule has 0 rings (SSSR count). The zero-order chi connectivity index (χ0) is 14.3. The highest BCUT2D eigenvalue weighted by molar-refractivity contribution is 5.89. The molecule has 0 saturated carbocycles. The van der Waals surface area contributed by atoms with Crippen LogP contribution in [0.25, 0.3) is 0 Å². The quantitative estimate of drug-likeness (QED) is 0.470. The number of rotatable bonds is 7. The molecule has 104 valence electrons. The molecule has 0 fully saturated rings. The Morgan fingerprint density at radius 2 is 1.83 bits per heavy atom. The first-order valence-electron chi connectivity index (χ1n) is 5.85. The summed E-state index contributed by atoms with van der Waals surface area (Å²) in [6.45, 7) is 4.82. The maximum atomic E-state index is 11.5. The first kappa shape index (κ1) is 16.4. The number of carboxylic acids is 1. The van der Waals surface area contributed by atoms with E-state index in [9.17, 15) is 14.4 Å². The van der Waals surface area contributed by atoms with E-state index < -0.39 is 29.9 Å². The van der Waals surface area contributed by atoms with Crippen LogP contribution < -0.4 is 16.4 Å². The minimum Gasteiger partial charge on any atom is -0.480 e. The van der Waals surface area contributed by atoms with Gasteiger partial charge >= 0.3 is 5.97 Å². The molecule has 3 atom stereocenters. The third-order valence-electron chi connectivity index (χ3n) is 2.73. The molecular formula is C11H21N3O4. The van der Waals surface area contributed by atoms with E-state index in [2.05, 4.69) is 10.6 Å². The number of nitrogens with two attached hydrogens (primary N) is 1. The van der Waals surface area contributed by atoms with E-state index in [4.69, 9.17) is 10.8 Å². The van der Waals surface area contributed by atoms with Gasteiger partial charge in [-0.1, -0.05) is 20.3 Å². The number of carboxylic acid groups (broad SMARTS) is 1. The lowest BCUT2D eigenvalue weighted by Gasteiger charge is -2.17. The molecular weight excluding hydrogens is 238 g/mol. The van der Waals surface area contributed by atoms with Gasteiger partial charge < -0.3 is 21.5 Å². The average molecular weight is 259 g/mol. The molecule has 2 amide bonds. The van der Waals surface area contributed by atoms with E-state index in [1.807, 2.05) is 13.8 Å². The molecule has 7 heteroatoms. The van der Waals surface area contributed by atoms with E-state index in [0.29, 0.717) is 0 Å². The summed E-state index contributed by atoms with van der Waals surface area (Å²) in [7, 11) is 0. The van der Waals surface area contributed by atoms with Crippen LogP contribution in [0.5, 0.6) is 0 Å². The average Bonchev–Trinajstić information content (AvgIpc) is 2.33. The molecule has 0 spiro atoms. The minimum atomic E-state index is -1.13. The Balaban J connectivity index is 4.06. The molecule has 0 heterocycles. The number of carbonyl (C=O) groups is 3. The summed E-state index contributed by atoms with van der Waals surface area (Å²) >= 11 is 0. The van der Waals surface area contributed by atoms with Crippen molar-refractivity contribution in [3.63, 3.8) is 0 Å². The molecule has 0 aliphatic carbocycles. The van der Waals surface area contributed by atoms with Crippen LogP contribution in [0.15, 0.2) is 0 Å². The molecule has 18 heavy (non-hydrogen) atoms. The predicted molar refractivity (Wildman–Crippen MR) is 65.7 cm³/mol. The molecule has 0 bridgehead atoms. The first-order valence-corrected chi connectivity index (χ1v) is 5.85. The zero-order valence-electron chi connectivity index (χ0n) is 10.9. The molecule has 0 aliphatic rings. The van der Waals surface area contributed by atoms with Crippen molar-refractivity contribution in [1.82, 2.24) is 10.6 Å². The molecule has 7 nitrogen and oxygen atoms in total. The summed E-state index contributed by atoms with van der Waals surface area (Å²) in [5.41, 5.74) is 5.67. The van der Waals surface area contributed by atoms with Crippen LogP contribution in [0.4, 0.5) is 0 Å². The van der Waals surface area contributed by atoms with Crippen molar-refractivity contribution in [3.05, 3.63) is 0 Å². The van der Waals surface area contributed by atoms with Gasteiger partial charge in [0, 0.05) is 0 Å². The van der Waals surface area contributed by atoms with Crippen LogP contribution >= 0.6 is 0 Å². The number of nitrogens with one attached hydrogen (secondary N) is 2. The van der Waals surface area contributed by atoms with Gasteiger partial charge in [0.25, 0.3) is 0 Å². The van der Waals surface area contributed by atoms with Gasteiger partial charge in [-0.05, 0) is 12.8 Å². The second-order valence-corrected chi connectivity index (χ2v) is 4.26. The van der Waals surface area contributed by atoms with E-state index in [1.165, 1.54) is 6.92 Å². The van der Waals surface area contributed by atoms with Crippen molar-refractivity contribution in [2.75, 3.05) is 6.54 Å². The Bertz CT molecular complexity index is 319. The van der Waals surface area contributed by atoms with Gasteiger partial charge in [-0.3, -0.25) is 14.4 Å². The predicted octanol–water partition coefficient (Wildman–Crippen LogP) is -0.935. The van der Waals surface area contributed by atoms with Crippen molar-refractivity contribution < 1.29 is 19.5 Å². The lowest BCUT2D eigenvalue weighted by Crippen LogP contribution is -2.49. The molecule has 0 aromatic heterocycles. The van der Waals surface area contributed by atoms with Crippen LogP contribution in [0, 0.1) is 5.92 Å². The van der Waals surface area contributed by atoms with Crippen LogP contribution in [-0.2, 0) is 14.4 Å². The van der Waals surface area contributed by atoms with Crippen LogP contribution in [0.2, 0.25) is 0 Å². The number of aliphatic carboxylic acids is 1. The molecule has 5 N–H and O–H groups in total. The third kappa shape index (κ3) is 5.62. The van der Waals surface area contributed by atoms with Gasteiger partial charge in [0.2, 0.25) is 11.8 Å². The molecule has 0 aliphatic heterocycles. The minimum absolute atomic E-state index is 0.0194. The smallest absolute Gasteiger partial charge is 0.325 e. The largest absolute Gasteiger partial charge is 0.480 e. The fourth-order valence-electron chi connectivity index (χ4n) is 1.15. The summed E-state index contributed by atoms with van der Waals surface area (Å²) in [6.07, 6.45) is 0.761. The Morgan fingerprint density at radius 3 is 2.28 bits per heavy atom. The highest BCUT2D eigenvalue weighted by atomic mass is 16.4. The highest BCUT2D eigenvalue weighted by Gasteiger charge is 2.20. The summed E-state index contributed by atoms with van der Waals surface area (Å²) in [5, 5.41) is 13.2. The standard InChI is InChI=1S/C11H21N3O4/c1-4-6(2)9(12)10(16)13-5-8(15)14-7(3)11(17)18/h6-7,9H,4-5,12H2,1-3H3,(H,13,16)(H,14,15)(H,17,18)/t6-,7-,9-/m0/s1. The molecule has 0 radical (unpaired) electrons. The maximum Gasteiger partial charge on any atom is 0.325 e. The van der Waals surface area contributed by atoms with Gasteiger partial charge in [0.05, 0.1) is 12.6 Å². The van der Waals surface area contributed by atoms with E-state index in [0.717, 1.165) is 6.42 Å². The van der Waals surface area contributed by atoms with Crippen LogP contribution in [0.3, 0.4) is 0 Å². The Kier molecular flexibility index (Phi) is 6.96. The SMILES string of the molecule is CC[C@H](C)[C@H](N)C(=O)NCC(=O)N[C@@H](C)C(=O)O. The summed E-state index contributed by atoms with van der Waals surface area (Å²) in [5.74, 6) is -2.09. The number of hydrogen-bond acceptors (Lipinski definition) is 4. The topological polar surface area (TPSA) is 122 Å². The number of hydrogen-bond donors (Lipinski definition) is 4. The fraction of sp³-hybridized carbons (Fsp3) is 0.727. The highest BCUT2D eigenvalue weighted by Crippen LogP contribution is 2.04. The molecule has 0 aromatic carbocycles. The molecule has 0 saturated heterocycles. The lowest BCUT2D eigenvalue weighted by atomic mass is 9.99. The van der Waals surface area contributed by atoms with Crippen molar-refractivity contribution in [2.45, 2.75) is 39.3 Å². The second-order valence-electron chi connectivity index (χ2n) is 4.26. The summed E-state index contributed by atoms with van der Waals surface area (Å²) < 4.78 is 0. The van der Waals surface area contributed by atoms with Crippen LogP contribution in [0.1, 0.15) is 27.2 Å². The Morgan fingerprint density at radius 1 is 1.28 bits per heavy atom. The summed E-state index contributed by atoms with van der Waals surface area (Å²) in [4.78, 5) is 33.3. The van der Waals surface area contributed by atoms with Gasteiger partial charge in [0.15, 0.2) is 0 Å². The molecule has 0 unspecified atom stereocenters. The lowest BCUT2D eigenvalue weighted by molar-refractivity contribution is -0.141. The van der Waals surface area contributed by atoms with E-state index in [-0.39, 0.29) is 12.5 Å². The number of carbonyl (C=O) groups excluding carboxylic acids is 2. The fourth-order valence-corrected chi connectivity index (χ4v) is 1.15. The monoisotopic (exact) mass is 259 g/mol. The zero-order valence-corrected chi connectivity index (χ0v) is 10.9. The molecule has 0 aromatic rings. The Hall–Kier alpha value is -1.63. The number of amides is 2. The van der Waals surface area contributed by atoms with E-state index >= 15 is 0 Å². The van der Waals surface area contributed by atoms with Gasteiger partial charge in [0.1, 0.15) is 6.04 Å². The first-order chi connectivity index (χ1) is 8.29. The van der Waals surface area contributed by atoms with Crippen molar-refractivity contribution in [2.24, 2.45) is 11.7 Å². The van der Waals surface area contributed by atoms with Gasteiger partial charge in [-0.2, -0.15) is 0 Å². The van der Waals surface area contributed by atoms with Gasteiger partial charge in [-0.15, -0.1) is 0 Å². The second kappa shape index (κ2) is 7.65. The van der Waals surface area contributed by atoms with Gasteiger partial charge in [-0.25, -0.2) is 0 Å². The van der Waals surface area contributed by atoms with E-state index in [1.54, 1.807) is 0 Å². The third-order valence-corrected chi connectivity index (χ3v) is 2.73.